The van der Waals surface area contributed by atoms with E-state index in [0.717, 1.165) is 12.8 Å². The second-order valence-electron chi connectivity index (χ2n) is 12.0. The molecular weight excluding hydrogens is 597 g/mol. The molecule has 218 valence electrons. The van der Waals surface area contributed by atoms with Gasteiger partial charge in [0.15, 0.2) is 0 Å². The predicted octanol–water partition coefficient (Wildman–Crippen LogP) is 12.8. The maximum Gasteiger partial charge on any atom is 0.0601 e. The average Bonchev–Trinajstić information content (AvgIpc) is 3.12. The maximum atomic E-state index is 2.52. The van der Waals surface area contributed by atoms with Crippen molar-refractivity contribution in [2.24, 2.45) is 0 Å². The van der Waals surface area contributed by atoms with Crippen LogP contribution in [-0.4, -0.2) is 0 Å². The molecule has 7 aromatic carbocycles. The number of anilines is 6. The van der Waals surface area contributed by atoms with Crippen molar-refractivity contribution in [2.75, 3.05) is 9.80 Å². The number of rotatable bonds is 2. The molecule has 0 bridgehead atoms. The lowest BCUT2D eigenvalue weighted by Crippen LogP contribution is -2.18. The van der Waals surface area contributed by atoms with E-state index in [9.17, 15) is 0 Å². The SMILES string of the molecule is C1=Cc2c(c(N3c4ccccc4Sc4ccccc43)cc3cc(N4c5ccccc5Sc5ccccc54)c4ccccc4c23)CC1. The minimum Gasteiger partial charge on any atom is -0.308 e. The molecule has 3 aliphatic rings. The van der Waals surface area contributed by atoms with Gasteiger partial charge in [-0.25, -0.2) is 0 Å². The van der Waals surface area contributed by atoms with Gasteiger partial charge in [-0.2, -0.15) is 0 Å². The Hall–Kier alpha value is -4.90. The zero-order chi connectivity index (χ0) is 30.2. The molecule has 0 saturated carbocycles. The first-order valence-corrected chi connectivity index (χ1v) is 17.5. The summed E-state index contributed by atoms with van der Waals surface area (Å²) in [6.07, 6.45) is 6.81. The van der Waals surface area contributed by atoms with E-state index in [2.05, 4.69) is 155 Å². The highest BCUT2D eigenvalue weighted by Gasteiger charge is 2.30. The molecule has 0 aromatic heterocycles. The third kappa shape index (κ3) is 3.87. The van der Waals surface area contributed by atoms with Gasteiger partial charge < -0.3 is 9.80 Å². The van der Waals surface area contributed by atoms with Gasteiger partial charge >= 0.3 is 0 Å². The van der Waals surface area contributed by atoms with E-state index in [-0.39, 0.29) is 0 Å². The number of nitrogens with zero attached hydrogens (tertiary/aromatic N) is 2. The predicted molar refractivity (Wildman–Crippen MR) is 196 cm³/mol. The summed E-state index contributed by atoms with van der Waals surface area (Å²) in [5, 5.41) is 5.17. The molecule has 0 amide bonds. The summed E-state index contributed by atoms with van der Waals surface area (Å²) in [6.45, 7) is 0. The second kappa shape index (κ2) is 10.3. The third-order valence-electron chi connectivity index (χ3n) is 9.44. The molecule has 0 spiro atoms. The fourth-order valence-electron chi connectivity index (χ4n) is 7.50. The first kappa shape index (κ1) is 26.3. The molecule has 0 unspecified atom stereocenters. The van der Waals surface area contributed by atoms with Crippen molar-refractivity contribution in [3.05, 3.63) is 151 Å². The van der Waals surface area contributed by atoms with Crippen LogP contribution in [0.5, 0.6) is 0 Å². The Balaban J connectivity index is 1.31. The van der Waals surface area contributed by atoms with Gasteiger partial charge in [-0.05, 0) is 101 Å². The Morgan fingerprint density at radius 2 is 0.913 bits per heavy atom. The van der Waals surface area contributed by atoms with Crippen molar-refractivity contribution < 1.29 is 0 Å². The number of benzene rings is 7. The van der Waals surface area contributed by atoms with E-state index in [1.54, 1.807) is 0 Å². The van der Waals surface area contributed by atoms with Gasteiger partial charge in [0, 0.05) is 25.0 Å². The molecule has 0 N–H and O–H groups in total. The smallest absolute Gasteiger partial charge is 0.0601 e. The van der Waals surface area contributed by atoms with Crippen LogP contribution in [0.15, 0.2) is 159 Å². The number of hydrogen-bond acceptors (Lipinski definition) is 4. The molecule has 0 atom stereocenters. The van der Waals surface area contributed by atoms with Crippen LogP contribution in [0.4, 0.5) is 34.1 Å². The molecule has 7 aromatic rings. The Labute approximate surface area is 277 Å². The standard InChI is InChI=1S/C42H28N2S2/c1-3-15-30-28(13-1)36(43-32-17-5-9-21-38(32)45-39-22-10-6-18-33(39)43)25-27-26-37(29-14-2-4-16-31(29)42(27)30)44-34-19-7-11-23-40(34)46-41-24-12-8-20-35(41)44/h1,3-13,15-26H,2,14H2. The molecule has 0 fully saturated rings. The van der Waals surface area contributed by atoms with Crippen LogP contribution >= 0.6 is 23.5 Å². The molecule has 46 heavy (non-hydrogen) atoms. The van der Waals surface area contributed by atoms with Crippen molar-refractivity contribution in [3.8, 4) is 0 Å². The zero-order valence-electron chi connectivity index (χ0n) is 25.0. The maximum absolute atomic E-state index is 2.52. The van der Waals surface area contributed by atoms with E-state index in [4.69, 9.17) is 0 Å². The Morgan fingerprint density at radius 1 is 0.457 bits per heavy atom. The average molecular weight is 625 g/mol. The van der Waals surface area contributed by atoms with Crippen LogP contribution in [-0.2, 0) is 6.42 Å². The minimum atomic E-state index is 1.02. The largest absolute Gasteiger partial charge is 0.308 e. The molecule has 1 aliphatic carbocycles. The lowest BCUT2D eigenvalue weighted by atomic mass is 9.86. The van der Waals surface area contributed by atoms with Gasteiger partial charge in [0.1, 0.15) is 0 Å². The van der Waals surface area contributed by atoms with E-state index < -0.39 is 0 Å². The van der Waals surface area contributed by atoms with Crippen LogP contribution in [0.3, 0.4) is 0 Å². The number of hydrogen-bond donors (Lipinski definition) is 0. The Bertz CT molecular complexity index is 2320. The summed E-state index contributed by atoms with van der Waals surface area (Å²) >= 11 is 3.73. The molecule has 4 heteroatoms. The van der Waals surface area contributed by atoms with Crippen molar-refractivity contribution in [2.45, 2.75) is 32.4 Å². The zero-order valence-corrected chi connectivity index (χ0v) is 26.6. The lowest BCUT2D eigenvalue weighted by Gasteiger charge is -2.36. The van der Waals surface area contributed by atoms with Gasteiger partial charge in [-0.3, -0.25) is 0 Å². The fourth-order valence-corrected chi connectivity index (χ4v) is 9.62. The summed E-state index contributed by atoms with van der Waals surface area (Å²) in [7, 11) is 0. The molecule has 10 rings (SSSR count). The van der Waals surface area contributed by atoms with Gasteiger partial charge in [0.05, 0.1) is 34.1 Å². The van der Waals surface area contributed by atoms with Crippen molar-refractivity contribution in [1.29, 1.82) is 0 Å². The summed E-state index contributed by atoms with van der Waals surface area (Å²) in [6, 6.07) is 49.3. The van der Waals surface area contributed by atoms with Crippen LogP contribution in [0.25, 0.3) is 27.6 Å². The topological polar surface area (TPSA) is 6.48 Å². The first-order chi connectivity index (χ1) is 22.8. The Kier molecular flexibility index (Phi) is 5.90. The molecule has 0 radical (unpaired) electrons. The Morgan fingerprint density at radius 3 is 1.48 bits per heavy atom. The fraction of sp³-hybridized carbons (Fsp3) is 0.0476. The van der Waals surface area contributed by atoms with E-state index in [1.807, 2.05) is 23.5 Å². The number of fused-ring (bicyclic) bond motifs is 9. The van der Waals surface area contributed by atoms with Gasteiger partial charge in [-0.15, -0.1) is 0 Å². The second-order valence-corrected chi connectivity index (χ2v) is 14.2. The van der Waals surface area contributed by atoms with Crippen LogP contribution in [0.2, 0.25) is 0 Å². The van der Waals surface area contributed by atoms with Gasteiger partial charge in [0.2, 0.25) is 0 Å². The van der Waals surface area contributed by atoms with Gasteiger partial charge in [-0.1, -0.05) is 108 Å². The summed E-state index contributed by atoms with van der Waals surface area (Å²) in [5.74, 6) is 0. The highest BCUT2D eigenvalue weighted by atomic mass is 32.2. The highest BCUT2D eigenvalue weighted by Crippen LogP contribution is 2.56. The molecular formula is C42H28N2S2. The van der Waals surface area contributed by atoms with Crippen molar-refractivity contribution in [3.63, 3.8) is 0 Å². The lowest BCUT2D eigenvalue weighted by molar-refractivity contribution is 0.980. The first-order valence-electron chi connectivity index (χ1n) is 15.8. The third-order valence-corrected chi connectivity index (χ3v) is 11.7. The van der Waals surface area contributed by atoms with E-state index in [1.165, 1.54) is 86.4 Å². The molecule has 2 heterocycles. The van der Waals surface area contributed by atoms with Crippen LogP contribution in [0, 0.1) is 0 Å². The monoisotopic (exact) mass is 624 g/mol. The highest BCUT2D eigenvalue weighted by molar-refractivity contribution is 8.00. The number of allylic oxidation sites excluding steroid dienone is 1. The summed E-state index contributed by atoms with van der Waals surface area (Å²) < 4.78 is 0. The number of para-hydroxylation sites is 4. The van der Waals surface area contributed by atoms with E-state index in [0.29, 0.717) is 0 Å². The minimum absolute atomic E-state index is 1.02. The molecule has 2 aliphatic heterocycles. The van der Waals surface area contributed by atoms with Crippen molar-refractivity contribution >= 4 is 85.3 Å². The van der Waals surface area contributed by atoms with Crippen molar-refractivity contribution in [1.82, 2.24) is 0 Å². The normalized spacial score (nSPS) is 14.4. The van der Waals surface area contributed by atoms with Gasteiger partial charge in [0.25, 0.3) is 0 Å². The van der Waals surface area contributed by atoms with Crippen LogP contribution in [0.1, 0.15) is 17.5 Å². The summed E-state index contributed by atoms with van der Waals surface area (Å²) in [5.41, 5.74) is 10.2. The van der Waals surface area contributed by atoms with Crippen LogP contribution < -0.4 is 9.80 Å². The summed E-state index contributed by atoms with van der Waals surface area (Å²) in [4.78, 5) is 10.1. The molecule has 0 saturated heterocycles. The van der Waals surface area contributed by atoms with E-state index >= 15 is 0 Å². The quantitative estimate of drug-likeness (QED) is 0.176. The molecule has 2 nitrogen and oxygen atoms in total.